The van der Waals surface area contributed by atoms with E-state index >= 15 is 0 Å². The van der Waals surface area contributed by atoms with Crippen LogP contribution in [0.5, 0.6) is 5.75 Å². The lowest BCUT2D eigenvalue weighted by molar-refractivity contribution is 0.153. The average molecular weight is 419 g/mol. The van der Waals surface area contributed by atoms with Gasteiger partial charge >= 0.3 is 0 Å². The highest BCUT2D eigenvalue weighted by atomic mass is 16.5. The first-order valence-corrected chi connectivity index (χ1v) is 10.8. The quantitative estimate of drug-likeness (QED) is 0.196. The first-order chi connectivity index (χ1) is 14.3. The van der Waals surface area contributed by atoms with Crippen molar-refractivity contribution in [2.45, 2.75) is 71.3 Å². The third-order valence-corrected chi connectivity index (χ3v) is 5.25. The van der Waals surface area contributed by atoms with Crippen molar-refractivity contribution in [3.05, 3.63) is 29.2 Å². The van der Waals surface area contributed by atoms with Gasteiger partial charge in [0.15, 0.2) is 0 Å². The van der Waals surface area contributed by atoms with E-state index in [0.29, 0.717) is 29.3 Å². The Morgan fingerprint density at radius 3 is 2.50 bits per heavy atom. The molecule has 1 aliphatic rings. The number of amidine groups is 1. The van der Waals surface area contributed by atoms with Gasteiger partial charge in [0, 0.05) is 13.5 Å². The van der Waals surface area contributed by atoms with Crippen LogP contribution >= 0.6 is 0 Å². The van der Waals surface area contributed by atoms with Crippen LogP contribution in [-0.4, -0.2) is 40.6 Å². The second-order valence-electron chi connectivity index (χ2n) is 7.92. The largest absolute Gasteiger partial charge is 0.489 e. The fourth-order valence-electron chi connectivity index (χ4n) is 3.48. The molecule has 0 spiro atoms. The van der Waals surface area contributed by atoms with Crippen molar-refractivity contribution in [3.63, 3.8) is 0 Å². The molecule has 0 aromatic carbocycles. The third-order valence-electron chi connectivity index (χ3n) is 5.25. The number of rotatable bonds is 10. The molecule has 168 valence electrons. The highest BCUT2D eigenvalue weighted by molar-refractivity contribution is 5.79. The summed E-state index contributed by atoms with van der Waals surface area (Å²) in [5.41, 5.74) is 14.8. The summed E-state index contributed by atoms with van der Waals surface area (Å²) in [4.78, 5) is 4.64. The molecule has 0 aliphatic heterocycles. The zero-order valence-corrected chi connectivity index (χ0v) is 18.6. The van der Waals surface area contributed by atoms with Gasteiger partial charge in [-0.3, -0.25) is 0 Å². The Morgan fingerprint density at radius 1 is 1.20 bits per heavy atom. The molecule has 8 N–H and O–H groups in total. The van der Waals surface area contributed by atoms with E-state index in [0.717, 1.165) is 37.1 Å². The van der Waals surface area contributed by atoms with E-state index in [9.17, 15) is 0 Å². The predicted octanol–water partition coefficient (Wildman–Crippen LogP) is 2.17. The number of hydrazine groups is 2. The second-order valence-corrected chi connectivity index (χ2v) is 7.92. The van der Waals surface area contributed by atoms with Gasteiger partial charge in [0.2, 0.25) is 0 Å². The molecule has 1 fully saturated rings. The number of likely N-dealkylation sites (N-methyl/N-ethyl adjacent to an activating group) is 1. The highest BCUT2D eigenvalue weighted by Gasteiger charge is 2.18. The summed E-state index contributed by atoms with van der Waals surface area (Å²) < 4.78 is 6.15. The molecular weight excluding hydrogens is 380 g/mol. The van der Waals surface area contributed by atoms with Crippen LogP contribution in [0.1, 0.15) is 69.7 Å². The number of nitrogens with zero attached hydrogens (tertiary/aromatic N) is 4. The maximum Gasteiger partial charge on any atom is 0.140 e. The molecule has 0 amide bonds. The van der Waals surface area contributed by atoms with E-state index in [-0.39, 0.29) is 12.6 Å². The third kappa shape index (κ3) is 7.07. The first-order valence-electron chi connectivity index (χ1n) is 10.8. The van der Waals surface area contributed by atoms with Crippen LogP contribution in [-0.2, 0) is 0 Å². The molecule has 2 rings (SSSR count). The molecule has 1 aromatic heterocycles. The van der Waals surface area contributed by atoms with Gasteiger partial charge in [0.25, 0.3) is 0 Å². The van der Waals surface area contributed by atoms with Crippen molar-refractivity contribution < 1.29 is 4.74 Å². The topological polar surface area (TPSA) is 145 Å². The van der Waals surface area contributed by atoms with Crippen LogP contribution in [0.25, 0.3) is 5.70 Å². The van der Waals surface area contributed by atoms with E-state index in [2.05, 4.69) is 17.0 Å². The summed E-state index contributed by atoms with van der Waals surface area (Å²) in [6.45, 7) is 4.22. The van der Waals surface area contributed by atoms with Gasteiger partial charge in [0.1, 0.15) is 11.6 Å². The van der Waals surface area contributed by atoms with Gasteiger partial charge in [0.05, 0.1) is 35.4 Å². The monoisotopic (exact) mass is 418 g/mol. The molecule has 0 bridgehead atoms. The van der Waals surface area contributed by atoms with Crippen LogP contribution in [0, 0.1) is 6.92 Å². The van der Waals surface area contributed by atoms with E-state index in [1.165, 1.54) is 29.4 Å². The second kappa shape index (κ2) is 11.6. The molecule has 9 heteroatoms. The number of hydrogen-bond donors (Lipinski definition) is 4. The molecule has 1 saturated carbocycles. The number of unbranched alkanes of at least 4 members (excludes halogenated alkanes) is 1. The van der Waals surface area contributed by atoms with Gasteiger partial charge in [-0.15, -0.1) is 5.10 Å². The summed E-state index contributed by atoms with van der Waals surface area (Å²) in [5, 5.41) is 6.88. The molecule has 1 aliphatic carbocycles. The SMILES string of the molecule is CCCC/C(N)=N/N(N)C/C(=C(/N)c1ccc(OC2CCCCC2)c(C)n1)N(C)N. The van der Waals surface area contributed by atoms with Gasteiger partial charge in [-0.2, -0.15) is 0 Å². The van der Waals surface area contributed by atoms with Crippen molar-refractivity contribution in [3.8, 4) is 5.75 Å². The van der Waals surface area contributed by atoms with Gasteiger partial charge in [-0.05, 0) is 51.2 Å². The van der Waals surface area contributed by atoms with Crippen molar-refractivity contribution in [2.24, 2.45) is 28.3 Å². The summed E-state index contributed by atoms with van der Waals surface area (Å²) >= 11 is 0. The van der Waals surface area contributed by atoms with Gasteiger partial charge in [-0.25, -0.2) is 21.8 Å². The van der Waals surface area contributed by atoms with Crippen molar-refractivity contribution in [1.82, 2.24) is 15.1 Å². The van der Waals surface area contributed by atoms with Crippen LogP contribution < -0.4 is 27.9 Å². The summed E-state index contributed by atoms with van der Waals surface area (Å²) in [6.07, 6.45) is 8.89. The lowest BCUT2D eigenvalue weighted by atomic mass is 9.98. The van der Waals surface area contributed by atoms with Crippen molar-refractivity contribution in [1.29, 1.82) is 0 Å². The molecular formula is C21H38N8O. The van der Waals surface area contributed by atoms with E-state index in [4.69, 9.17) is 27.9 Å². The molecule has 0 radical (unpaired) electrons. The summed E-state index contributed by atoms with van der Waals surface area (Å²) in [6, 6.07) is 3.78. The van der Waals surface area contributed by atoms with E-state index < -0.39 is 0 Å². The van der Waals surface area contributed by atoms with Crippen LogP contribution in [0.4, 0.5) is 0 Å². The number of hydrogen-bond acceptors (Lipinski definition) is 8. The van der Waals surface area contributed by atoms with Gasteiger partial charge in [-0.1, -0.05) is 19.8 Å². The summed E-state index contributed by atoms with van der Waals surface area (Å²) in [5.74, 6) is 13.3. The number of ether oxygens (including phenoxy) is 1. The Morgan fingerprint density at radius 2 is 1.90 bits per heavy atom. The van der Waals surface area contributed by atoms with Crippen molar-refractivity contribution in [2.75, 3.05) is 13.6 Å². The number of pyridine rings is 1. The standard InChI is InChI=1S/C21H38N8O/c1-4-5-11-20(22)27-29(25)14-18(28(3)24)21(23)17-12-13-19(15(2)26-17)30-16-9-7-6-8-10-16/h12-13,16H,4-11,14,23-25H2,1-3H3,(H2,22,27)/b21-18-. The molecule has 0 unspecified atom stereocenters. The smallest absolute Gasteiger partial charge is 0.140 e. The van der Waals surface area contributed by atoms with Crippen LogP contribution in [0.2, 0.25) is 0 Å². The molecule has 1 aromatic rings. The molecule has 0 saturated heterocycles. The number of aryl methyl sites for hydroxylation is 1. The first kappa shape index (κ1) is 23.8. The lowest BCUT2D eigenvalue weighted by Gasteiger charge is -2.25. The number of hydrazone groups is 1. The maximum absolute atomic E-state index is 6.40. The fraction of sp³-hybridized carbons (Fsp3) is 0.619. The molecule has 30 heavy (non-hydrogen) atoms. The molecule has 0 atom stereocenters. The lowest BCUT2D eigenvalue weighted by Crippen LogP contribution is -2.38. The number of aromatic nitrogens is 1. The Bertz CT molecular complexity index is 741. The Hall–Kier alpha value is -2.52. The molecule has 9 nitrogen and oxygen atoms in total. The minimum absolute atomic E-state index is 0.201. The fourth-order valence-corrected chi connectivity index (χ4v) is 3.48. The normalized spacial score (nSPS) is 16.2. The van der Waals surface area contributed by atoms with Crippen LogP contribution in [0.15, 0.2) is 22.9 Å². The zero-order valence-electron chi connectivity index (χ0n) is 18.6. The minimum Gasteiger partial charge on any atom is -0.489 e. The van der Waals surface area contributed by atoms with Gasteiger partial charge < -0.3 is 21.2 Å². The van der Waals surface area contributed by atoms with Crippen molar-refractivity contribution >= 4 is 11.5 Å². The van der Waals surface area contributed by atoms with E-state index in [1.54, 1.807) is 7.05 Å². The number of nitrogens with two attached hydrogens (primary N) is 4. The Labute approximate surface area is 180 Å². The Kier molecular flexibility index (Phi) is 9.19. The average Bonchev–Trinajstić information content (AvgIpc) is 2.72. The highest BCUT2D eigenvalue weighted by Crippen LogP contribution is 2.26. The Balaban J connectivity index is 2.15. The molecule has 1 heterocycles. The minimum atomic E-state index is 0.201. The van der Waals surface area contributed by atoms with Crippen LogP contribution in [0.3, 0.4) is 0 Å². The summed E-state index contributed by atoms with van der Waals surface area (Å²) in [7, 11) is 1.70. The maximum atomic E-state index is 6.40. The zero-order chi connectivity index (χ0) is 22.1. The van der Waals surface area contributed by atoms with E-state index in [1.807, 2.05) is 19.1 Å². The predicted molar refractivity (Wildman–Crippen MR) is 122 cm³/mol.